The standard InChI is InChI=1S/C24H19Cl2NO4/c25-20-10-9-14(11-21(20)26)12-24(27,22(28)29)23(30)31-13-19-17-7-3-1-5-15(17)16-6-2-4-8-18(16)19/h1-11,19H,12-13,27H2,(H,28,29)/t24-/m0/s1. The molecule has 0 aromatic heterocycles. The molecule has 31 heavy (non-hydrogen) atoms. The number of carboxylic acids is 1. The zero-order valence-corrected chi connectivity index (χ0v) is 17.9. The first-order valence-corrected chi connectivity index (χ1v) is 10.4. The molecular weight excluding hydrogens is 437 g/mol. The summed E-state index contributed by atoms with van der Waals surface area (Å²) in [5, 5.41) is 10.3. The van der Waals surface area contributed by atoms with Crippen LogP contribution in [0.15, 0.2) is 66.7 Å². The van der Waals surface area contributed by atoms with Gasteiger partial charge in [-0.2, -0.15) is 0 Å². The summed E-state index contributed by atoms with van der Waals surface area (Å²) in [6, 6.07) is 20.4. The molecule has 1 aliphatic rings. The molecule has 0 saturated heterocycles. The molecule has 4 rings (SSSR count). The fourth-order valence-electron chi connectivity index (χ4n) is 3.93. The van der Waals surface area contributed by atoms with Crippen molar-refractivity contribution in [3.63, 3.8) is 0 Å². The molecule has 0 unspecified atom stereocenters. The van der Waals surface area contributed by atoms with Crippen molar-refractivity contribution in [2.24, 2.45) is 5.73 Å². The molecule has 3 aromatic rings. The molecule has 158 valence electrons. The van der Waals surface area contributed by atoms with Gasteiger partial charge < -0.3 is 15.6 Å². The first-order valence-electron chi connectivity index (χ1n) is 9.63. The first kappa shape index (κ1) is 21.4. The van der Waals surface area contributed by atoms with E-state index in [1.807, 2.05) is 48.5 Å². The zero-order chi connectivity index (χ0) is 22.2. The molecule has 0 heterocycles. The number of carboxylic acid groups (broad SMARTS) is 1. The van der Waals surface area contributed by atoms with Gasteiger partial charge in [-0.05, 0) is 39.9 Å². The van der Waals surface area contributed by atoms with Crippen LogP contribution in [0, 0.1) is 0 Å². The molecular formula is C24H19Cl2NO4. The van der Waals surface area contributed by atoms with Gasteiger partial charge in [0, 0.05) is 12.3 Å². The Hall–Kier alpha value is -2.86. The lowest BCUT2D eigenvalue weighted by Gasteiger charge is -2.24. The normalized spacial score (nSPS) is 14.4. The monoisotopic (exact) mass is 455 g/mol. The fraction of sp³-hybridized carbons (Fsp3) is 0.167. The summed E-state index contributed by atoms with van der Waals surface area (Å²) in [7, 11) is 0. The molecule has 0 fully saturated rings. The quantitative estimate of drug-likeness (QED) is 0.416. The van der Waals surface area contributed by atoms with Crippen LogP contribution in [0.1, 0.15) is 22.6 Å². The minimum atomic E-state index is -2.26. The van der Waals surface area contributed by atoms with Gasteiger partial charge in [-0.25, -0.2) is 9.59 Å². The van der Waals surface area contributed by atoms with Gasteiger partial charge in [0.25, 0.3) is 0 Å². The second kappa shape index (κ2) is 8.35. The van der Waals surface area contributed by atoms with Crippen molar-refractivity contribution >= 4 is 35.1 Å². The number of halogens is 2. The van der Waals surface area contributed by atoms with Crippen LogP contribution in [0.25, 0.3) is 11.1 Å². The largest absolute Gasteiger partial charge is 0.479 e. The number of carbonyl (C=O) groups is 2. The highest BCUT2D eigenvalue weighted by molar-refractivity contribution is 6.42. The molecule has 0 bridgehead atoms. The average molecular weight is 456 g/mol. The van der Waals surface area contributed by atoms with Gasteiger partial charge in [-0.3, -0.25) is 0 Å². The maximum absolute atomic E-state index is 12.9. The van der Waals surface area contributed by atoms with Crippen LogP contribution in [-0.4, -0.2) is 29.2 Å². The van der Waals surface area contributed by atoms with E-state index in [4.69, 9.17) is 33.7 Å². The Kier molecular flexibility index (Phi) is 5.75. The maximum atomic E-state index is 12.9. The molecule has 5 nitrogen and oxygen atoms in total. The molecule has 0 amide bonds. The molecule has 1 atom stereocenters. The Balaban J connectivity index is 1.56. The van der Waals surface area contributed by atoms with Crippen molar-refractivity contribution in [1.82, 2.24) is 0 Å². The molecule has 0 radical (unpaired) electrons. The van der Waals surface area contributed by atoms with E-state index < -0.39 is 17.5 Å². The molecule has 0 saturated carbocycles. The van der Waals surface area contributed by atoms with Gasteiger partial charge >= 0.3 is 11.9 Å². The second-order valence-corrected chi connectivity index (χ2v) is 8.34. The Morgan fingerprint density at radius 1 is 0.935 bits per heavy atom. The predicted molar refractivity (Wildman–Crippen MR) is 119 cm³/mol. The van der Waals surface area contributed by atoms with Gasteiger partial charge in [0.1, 0.15) is 6.61 Å². The zero-order valence-electron chi connectivity index (χ0n) is 16.3. The fourth-order valence-corrected chi connectivity index (χ4v) is 4.25. The van der Waals surface area contributed by atoms with Crippen LogP contribution in [0.5, 0.6) is 0 Å². The van der Waals surface area contributed by atoms with Gasteiger partial charge in [-0.15, -0.1) is 0 Å². The summed E-state index contributed by atoms with van der Waals surface area (Å²) in [5.74, 6) is -2.68. The summed E-state index contributed by atoms with van der Waals surface area (Å²) >= 11 is 11.9. The third kappa shape index (κ3) is 3.92. The maximum Gasteiger partial charge on any atom is 0.338 e. The van der Waals surface area contributed by atoms with Crippen molar-refractivity contribution in [2.75, 3.05) is 6.61 Å². The van der Waals surface area contributed by atoms with Crippen molar-refractivity contribution in [2.45, 2.75) is 17.9 Å². The number of carbonyl (C=O) groups excluding carboxylic acids is 1. The highest BCUT2D eigenvalue weighted by atomic mass is 35.5. The van der Waals surface area contributed by atoms with E-state index in [1.165, 1.54) is 12.1 Å². The van der Waals surface area contributed by atoms with Gasteiger partial charge in [0.2, 0.25) is 5.54 Å². The van der Waals surface area contributed by atoms with Crippen LogP contribution in [0.2, 0.25) is 10.0 Å². The molecule has 0 spiro atoms. The van der Waals surface area contributed by atoms with Gasteiger partial charge in [-0.1, -0.05) is 77.8 Å². The van der Waals surface area contributed by atoms with Crippen molar-refractivity contribution in [3.05, 3.63) is 93.5 Å². The summed E-state index contributed by atoms with van der Waals surface area (Å²) in [6.07, 6.45) is -0.282. The summed E-state index contributed by atoms with van der Waals surface area (Å²) in [4.78, 5) is 24.8. The van der Waals surface area contributed by atoms with Crippen LogP contribution in [0.4, 0.5) is 0 Å². The molecule has 3 aromatic carbocycles. The molecule has 3 N–H and O–H groups in total. The lowest BCUT2D eigenvalue weighted by molar-refractivity contribution is -0.161. The summed E-state index contributed by atoms with van der Waals surface area (Å²) in [5.41, 5.74) is 8.44. The Morgan fingerprint density at radius 2 is 1.52 bits per heavy atom. The van der Waals surface area contributed by atoms with Crippen molar-refractivity contribution in [1.29, 1.82) is 0 Å². The van der Waals surface area contributed by atoms with Crippen molar-refractivity contribution < 1.29 is 19.4 Å². The second-order valence-electron chi connectivity index (χ2n) is 7.53. The number of benzene rings is 3. The Labute approximate surface area is 189 Å². The number of rotatable bonds is 6. The van der Waals surface area contributed by atoms with E-state index in [1.54, 1.807) is 6.07 Å². The average Bonchev–Trinajstić information content (AvgIpc) is 3.08. The molecule has 7 heteroatoms. The minimum Gasteiger partial charge on any atom is -0.479 e. The number of hydrogen-bond donors (Lipinski definition) is 2. The van der Waals surface area contributed by atoms with Gasteiger partial charge in [0.05, 0.1) is 10.0 Å². The Bertz CT molecular complexity index is 1130. The van der Waals surface area contributed by atoms with Crippen LogP contribution in [0.3, 0.4) is 0 Å². The van der Waals surface area contributed by atoms with Crippen LogP contribution < -0.4 is 5.73 Å². The number of esters is 1. The van der Waals surface area contributed by atoms with Crippen LogP contribution in [-0.2, 0) is 20.7 Å². The summed E-state index contributed by atoms with van der Waals surface area (Å²) < 4.78 is 5.49. The summed E-state index contributed by atoms with van der Waals surface area (Å²) in [6.45, 7) is -0.0134. The smallest absolute Gasteiger partial charge is 0.338 e. The lowest BCUT2D eigenvalue weighted by atomic mass is 9.91. The highest BCUT2D eigenvalue weighted by Crippen LogP contribution is 2.44. The third-order valence-electron chi connectivity index (χ3n) is 5.56. The molecule has 0 aliphatic heterocycles. The number of nitrogens with two attached hydrogens (primary N) is 1. The van der Waals surface area contributed by atoms with E-state index in [0.717, 1.165) is 22.3 Å². The van der Waals surface area contributed by atoms with E-state index in [-0.39, 0.29) is 24.0 Å². The number of ether oxygens (including phenoxy) is 1. The number of aliphatic carboxylic acids is 1. The van der Waals surface area contributed by atoms with Crippen LogP contribution >= 0.6 is 23.2 Å². The first-order chi connectivity index (χ1) is 14.8. The Morgan fingerprint density at radius 3 is 2.06 bits per heavy atom. The number of hydrogen-bond acceptors (Lipinski definition) is 4. The van der Waals surface area contributed by atoms with E-state index in [2.05, 4.69) is 0 Å². The van der Waals surface area contributed by atoms with E-state index in [0.29, 0.717) is 10.6 Å². The van der Waals surface area contributed by atoms with Crippen molar-refractivity contribution in [3.8, 4) is 11.1 Å². The lowest BCUT2D eigenvalue weighted by Crippen LogP contribution is -2.57. The molecule has 1 aliphatic carbocycles. The van der Waals surface area contributed by atoms with E-state index >= 15 is 0 Å². The predicted octanol–water partition coefficient (Wildman–Crippen LogP) is 4.67. The SMILES string of the molecule is N[C@@](Cc1ccc(Cl)c(Cl)c1)(C(=O)O)C(=O)OCC1c2ccccc2-c2ccccc21. The van der Waals surface area contributed by atoms with E-state index in [9.17, 15) is 14.7 Å². The minimum absolute atomic E-state index is 0.0134. The highest BCUT2D eigenvalue weighted by Gasteiger charge is 2.45. The topological polar surface area (TPSA) is 89.6 Å². The van der Waals surface area contributed by atoms with Gasteiger partial charge in [0.15, 0.2) is 0 Å². The number of fused-ring (bicyclic) bond motifs is 3. The third-order valence-corrected chi connectivity index (χ3v) is 6.30.